The number of benzene rings is 3. The molecule has 0 fully saturated rings. The normalized spacial score (nSPS) is 14.7. The molecule has 3 heteroatoms. The first kappa shape index (κ1) is 15.5. The summed E-state index contributed by atoms with van der Waals surface area (Å²) in [5, 5.41) is 3.79. The summed E-state index contributed by atoms with van der Waals surface area (Å²) in [4.78, 5) is 7.35. The van der Waals surface area contributed by atoms with Crippen LogP contribution < -0.4 is 0 Å². The zero-order chi connectivity index (χ0) is 17.7. The molecular weight excluding hydrogens is 323 g/mol. The largest absolute Gasteiger partial charge is 0.302 e. The molecule has 0 saturated carbocycles. The predicted molar refractivity (Wildman–Crippen MR) is 105 cm³/mol. The Hall–Kier alpha value is -2.78. The first-order chi connectivity index (χ1) is 12.7. The second-order valence-corrected chi connectivity index (χ2v) is 7.09. The number of halogens is 1. The molecule has 26 heavy (non-hydrogen) atoms. The van der Waals surface area contributed by atoms with Crippen molar-refractivity contribution in [3.63, 3.8) is 0 Å². The maximum atomic E-state index is 13.4. The van der Waals surface area contributed by atoms with Crippen LogP contribution in [0.4, 0.5) is 4.39 Å². The van der Waals surface area contributed by atoms with E-state index in [1.54, 1.807) is 0 Å². The maximum absolute atomic E-state index is 13.4. The highest BCUT2D eigenvalue weighted by atomic mass is 19.1. The third-order valence-corrected chi connectivity index (χ3v) is 5.38. The molecule has 128 valence electrons. The summed E-state index contributed by atoms with van der Waals surface area (Å²) < 4.78 is 13.4. The molecule has 0 saturated heterocycles. The number of likely N-dealkylation sites (N-methyl/N-ethyl adjacent to an activating group) is 1. The summed E-state index contributed by atoms with van der Waals surface area (Å²) in [6.45, 7) is 1.91. The van der Waals surface area contributed by atoms with Crippen LogP contribution in [0.1, 0.15) is 11.1 Å². The minimum absolute atomic E-state index is 0.216. The monoisotopic (exact) mass is 342 g/mol. The molecule has 1 aromatic heterocycles. The van der Waals surface area contributed by atoms with Crippen molar-refractivity contribution in [1.29, 1.82) is 0 Å². The lowest BCUT2D eigenvalue weighted by atomic mass is 9.90. The molecule has 0 radical (unpaired) electrons. The molecular formula is C23H19FN2. The summed E-state index contributed by atoms with van der Waals surface area (Å²) in [7, 11) is 2.14. The Morgan fingerprint density at radius 2 is 1.73 bits per heavy atom. The van der Waals surface area contributed by atoms with E-state index in [0.29, 0.717) is 0 Å². The molecule has 4 aromatic rings. The zero-order valence-electron chi connectivity index (χ0n) is 14.7. The van der Waals surface area contributed by atoms with E-state index in [2.05, 4.69) is 48.3 Å². The number of hydrogen-bond donors (Lipinski definition) is 0. The molecule has 0 aliphatic carbocycles. The standard InChI is InChI=1S/C23H19FN2/c1-26-13-12-19-20(14-26)23(16-6-9-17(24)10-7-16)25-21-11-8-15-4-2-3-5-18(15)22(19)21/h2-11H,12-14H2,1H3. The molecule has 0 amide bonds. The maximum Gasteiger partial charge on any atom is 0.123 e. The SMILES string of the molecule is CN1CCc2c(c(-c3ccc(F)cc3)nc3ccc4ccccc4c23)C1. The Morgan fingerprint density at radius 1 is 0.923 bits per heavy atom. The molecule has 2 nitrogen and oxygen atoms in total. The van der Waals surface area contributed by atoms with Crippen molar-refractivity contribution in [2.24, 2.45) is 0 Å². The molecule has 3 aromatic carbocycles. The van der Waals surface area contributed by atoms with Crippen LogP contribution in [0.2, 0.25) is 0 Å². The fraction of sp³-hybridized carbons (Fsp3) is 0.174. The molecule has 1 aliphatic heterocycles. The van der Waals surface area contributed by atoms with E-state index in [4.69, 9.17) is 4.98 Å². The van der Waals surface area contributed by atoms with E-state index in [1.807, 2.05) is 12.1 Å². The molecule has 0 atom stereocenters. The number of hydrogen-bond acceptors (Lipinski definition) is 2. The summed E-state index contributed by atoms with van der Waals surface area (Å²) in [6.07, 6.45) is 1.01. The Balaban J connectivity index is 1.88. The van der Waals surface area contributed by atoms with E-state index < -0.39 is 0 Å². The number of aromatic nitrogens is 1. The van der Waals surface area contributed by atoms with E-state index in [-0.39, 0.29) is 5.82 Å². The lowest BCUT2D eigenvalue weighted by Gasteiger charge is -2.28. The summed E-state index contributed by atoms with van der Waals surface area (Å²) in [5.41, 5.74) is 5.65. The Labute approximate surface area is 151 Å². The van der Waals surface area contributed by atoms with Gasteiger partial charge in [-0.1, -0.05) is 30.3 Å². The van der Waals surface area contributed by atoms with Crippen molar-refractivity contribution >= 4 is 21.7 Å². The van der Waals surface area contributed by atoms with Gasteiger partial charge in [0.15, 0.2) is 0 Å². The van der Waals surface area contributed by atoms with Crippen molar-refractivity contribution in [2.45, 2.75) is 13.0 Å². The second-order valence-electron chi connectivity index (χ2n) is 7.09. The summed E-state index contributed by atoms with van der Waals surface area (Å²) in [5.74, 6) is -0.216. The van der Waals surface area contributed by atoms with Crippen LogP contribution >= 0.6 is 0 Å². The van der Waals surface area contributed by atoms with E-state index in [1.165, 1.54) is 39.4 Å². The number of pyridine rings is 1. The fourth-order valence-electron chi connectivity index (χ4n) is 4.10. The molecule has 0 bridgehead atoms. The average Bonchev–Trinajstić information content (AvgIpc) is 2.67. The van der Waals surface area contributed by atoms with Crippen LogP contribution in [-0.4, -0.2) is 23.5 Å². The van der Waals surface area contributed by atoms with E-state index >= 15 is 0 Å². The molecule has 2 heterocycles. The minimum Gasteiger partial charge on any atom is -0.302 e. The quantitative estimate of drug-likeness (QED) is 0.443. The lowest BCUT2D eigenvalue weighted by Crippen LogP contribution is -2.27. The summed E-state index contributed by atoms with van der Waals surface area (Å²) >= 11 is 0. The van der Waals surface area contributed by atoms with Gasteiger partial charge in [-0.3, -0.25) is 0 Å². The molecule has 5 rings (SSSR count). The predicted octanol–water partition coefficient (Wildman–Crippen LogP) is 5.18. The highest BCUT2D eigenvalue weighted by molar-refractivity contribution is 6.09. The van der Waals surface area contributed by atoms with Gasteiger partial charge in [-0.25, -0.2) is 9.37 Å². The zero-order valence-corrected chi connectivity index (χ0v) is 14.7. The van der Waals surface area contributed by atoms with E-state index in [0.717, 1.165) is 36.3 Å². The second kappa shape index (κ2) is 5.89. The molecule has 0 unspecified atom stereocenters. The molecule has 0 spiro atoms. The Bertz CT molecular complexity index is 1130. The number of nitrogens with zero attached hydrogens (tertiary/aromatic N) is 2. The first-order valence-corrected chi connectivity index (χ1v) is 8.98. The van der Waals surface area contributed by atoms with Crippen molar-refractivity contribution in [2.75, 3.05) is 13.6 Å². The highest BCUT2D eigenvalue weighted by Gasteiger charge is 2.22. The van der Waals surface area contributed by atoms with Gasteiger partial charge >= 0.3 is 0 Å². The van der Waals surface area contributed by atoms with Gasteiger partial charge in [0, 0.05) is 24.0 Å². The van der Waals surface area contributed by atoms with Gasteiger partial charge in [-0.15, -0.1) is 0 Å². The Kier molecular flexibility index (Phi) is 3.50. The van der Waals surface area contributed by atoms with Gasteiger partial charge in [0.2, 0.25) is 0 Å². The van der Waals surface area contributed by atoms with Gasteiger partial charge in [-0.05, 0) is 65.7 Å². The van der Waals surface area contributed by atoms with Gasteiger partial charge in [0.1, 0.15) is 5.82 Å². The Morgan fingerprint density at radius 3 is 2.58 bits per heavy atom. The van der Waals surface area contributed by atoms with Gasteiger partial charge in [0.05, 0.1) is 11.2 Å². The van der Waals surface area contributed by atoms with Crippen molar-refractivity contribution in [3.8, 4) is 11.3 Å². The van der Waals surface area contributed by atoms with Crippen LogP contribution in [0.5, 0.6) is 0 Å². The average molecular weight is 342 g/mol. The van der Waals surface area contributed by atoms with E-state index in [9.17, 15) is 4.39 Å². The third-order valence-electron chi connectivity index (χ3n) is 5.38. The lowest BCUT2D eigenvalue weighted by molar-refractivity contribution is 0.314. The van der Waals surface area contributed by atoms with Crippen LogP contribution in [-0.2, 0) is 13.0 Å². The van der Waals surface area contributed by atoms with Crippen molar-refractivity contribution in [1.82, 2.24) is 9.88 Å². The van der Waals surface area contributed by atoms with Crippen LogP contribution in [0.3, 0.4) is 0 Å². The number of fused-ring (bicyclic) bond motifs is 5. The van der Waals surface area contributed by atoms with Gasteiger partial charge in [-0.2, -0.15) is 0 Å². The van der Waals surface area contributed by atoms with Crippen molar-refractivity contribution < 1.29 is 4.39 Å². The van der Waals surface area contributed by atoms with Gasteiger partial charge < -0.3 is 4.90 Å². The molecule has 1 aliphatic rings. The van der Waals surface area contributed by atoms with Crippen LogP contribution in [0.15, 0.2) is 60.7 Å². The minimum atomic E-state index is -0.216. The van der Waals surface area contributed by atoms with Crippen LogP contribution in [0, 0.1) is 5.82 Å². The number of rotatable bonds is 1. The molecule has 0 N–H and O–H groups in total. The van der Waals surface area contributed by atoms with Gasteiger partial charge in [0.25, 0.3) is 0 Å². The fourth-order valence-corrected chi connectivity index (χ4v) is 4.10. The summed E-state index contributed by atoms with van der Waals surface area (Å²) in [6, 6.07) is 19.5. The first-order valence-electron chi connectivity index (χ1n) is 8.98. The van der Waals surface area contributed by atoms with Crippen molar-refractivity contribution in [3.05, 3.63) is 77.6 Å². The third kappa shape index (κ3) is 2.39. The van der Waals surface area contributed by atoms with Crippen LogP contribution in [0.25, 0.3) is 32.9 Å². The highest BCUT2D eigenvalue weighted by Crippen LogP contribution is 2.37. The smallest absolute Gasteiger partial charge is 0.123 e. The topological polar surface area (TPSA) is 16.1 Å².